The largest absolute Gasteiger partial charge is 0.336 e. The number of nitrogens with zero attached hydrogens (tertiary/aromatic N) is 3. The van der Waals surface area contributed by atoms with E-state index in [0.29, 0.717) is 11.5 Å². The van der Waals surface area contributed by atoms with Crippen LogP contribution in [0.5, 0.6) is 0 Å². The first-order valence-electron chi connectivity index (χ1n) is 5.96. The fourth-order valence-electron chi connectivity index (χ4n) is 2.22. The molecule has 0 saturated carbocycles. The van der Waals surface area contributed by atoms with Gasteiger partial charge in [-0.05, 0) is 17.5 Å². The molecule has 0 amide bonds. The predicted molar refractivity (Wildman–Crippen MR) is 68.6 cm³/mol. The van der Waals surface area contributed by atoms with Gasteiger partial charge in [0.15, 0.2) is 6.29 Å². The molecule has 4 nitrogen and oxygen atoms in total. The van der Waals surface area contributed by atoms with Crippen LogP contribution >= 0.6 is 0 Å². The van der Waals surface area contributed by atoms with Crippen molar-refractivity contribution >= 4 is 12.2 Å². The lowest BCUT2D eigenvalue weighted by molar-refractivity contribution is 0.112. The summed E-state index contributed by atoms with van der Waals surface area (Å²) in [6.45, 7) is 1.74. The minimum Gasteiger partial charge on any atom is -0.336 e. The van der Waals surface area contributed by atoms with Gasteiger partial charge in [0.1, 0.15) is 0 Å². The number of aldehydes is 1. The van der Waals surface area contributed by atoms with Crippen LogP contribution in [0, 0.1) is 0 Å². The van der Waals surface area contributed by atoms with Gasteiger partial charge in [-0.3, -0.25) is 4.79 Å². The van der Waals surface area contributed by atoms with Crippen LogP contribution in [-0.2, 0) is 13.0 Å². The highest BCUT2D eigenvalue weighted by Gasteiger charge is 2.17. The molecule has 0 fully saturated rings. The molecular weight excluding hydrogens is 226 g/mol. The normalized spacial score (nSPS) is 14.1. The van der Waals surface area contributed by atoms with Gasteiger partial charge in [-0.25, -0.2) is 9.97 Å². The van der Waals surface area contributed by atoms with Gasteiger partial charge in [0.25, 0.3) is 0 Å². The highest BCUT2D eigenvalue weighted by atomic mass is 16.1. The number of carbonyl (C=O) groups is 1. The molecule has 0 bridgehead atoms. The van der Waals surface area contributed by atoms with E-state index in [0.717, 1.165) is 25.8 Å². The van der Waals surface area contributed by atoms with Crippen molar-refractivity contribution in [3.8, 4) is 0 Å². The van der Waals surface area contributed by atoms with Crippen molar-refractivity contribution in [3.63, 3.8) is 0 Å². The van der Waals surface area contributed by atoms with E-state index in [1.165, 1.54) is 11.1 Å². The zero-order chi connectivity index (χ0) is 12.4. The van der Waals surface area contributed by atoms with Crippen LogP contribution in [0.2, 0.25) is 0 Å². The average Bonchev–Trinajstić information content (AvgIpc) is 2.47. The SMILES string of the molecule is O=Cc1cnc(N2CCc3ccccc3C2)nc1. The fraction of sp³-hybridized carbons (Fsp3) is 0.214. The maximum Gasteiger partial charge on any atom is 0.225 e. The molecule has 1 aliphatic heterocycles. The number of hydrogen-bond acceptors (Lipinski definition) is 4. The molecule has 3 rings (SSSR count). The first-order valence-corrected chi connectivity index (χ1v) is 5.96. The van der Waals surface area contributed by atoms with Crippen molar-refractivity contribution in [1.82, 2.24) is 9.97 Å². The number of fused-ring (bicyclic) bond motifs is 1. The van der Waals surface area contributed by atoms with Gasteiger partial charge in [-0.2, -0.15) is 0 Å². The van der Waals surface area contributed by atoms with Gasteiger partial charge in [-0.1, -0.05) is 24.3 Å². The average molecular weight is 239 g/mol. The van der Waals surface area contributed by atoms with E-state index in [9.17, 15) is 4.79 Å². The Labute approximate surface area is 105 Å². The molecule has 4 heteroatoms. The van der Waals surface area contributed by atoms with Gasteiger partial charge < -0.3 is 4.90 Å². The zero-order valence-corrected chi connectivity index (χ0v) is 9.91. The third-order valence-electron chi connectivity index (χ3n) is 3.21. The van der Waals surface area contributed by atoms with Crippen molar-refractivity contribution in [2.75, 3.05) is 11.4 Å². The molecule has 2 aromatic rings. The van der Waals surface area contributed by atoms with Crippen molar-refractivity contribution in [2.24, 2.45) is 0 Å². The summed E-state index contributed by atoms with van der Waals surface area (Å²) in [5, 5.41) is 0. The Kier molecular flexibility index (Phi) is 2.76. The Bertz CT molecular complexity index is 566. The third kappa shape index (κ3) is 1.97. The molecule has 0 N–H and O–H groups in total. The van der Waals surface area contributed by atoms with Crippen LogP contribution < -0.4 is 4.90 Å². The van der Waals surface area contributed by atoms with Crippen LogP contribution in [0.1, 0.15) is 21.5 Å². The first-order chi connectivity index (χ1) is 8.86. The monoisotopic (exact) mass is 239 g/mol. The van der Waals surface area contributed by atoms with E-state index >= 15 is 0 Å². The van der Waals surface area contributed by atoms with E-state index in [-0.39, 0.29) is 0 Å². The van der Waals surface area contributed by atoms with Crippen LogP contribution in [0.15, 0.2) is 36.7 Å². The Morgan fingerprint density at radius 2 is 1.83 bits per heavy atom. The predicted octanol–water partition coefficient (Wildman–Crippen LogP) is 1.85. The number of hydrogen-bond donors (Lipinski definition) is 0. The Balaban J connectivity index is 1.84. The standard InChI is InChI=1S/C14H13N3O/c18-10-11-7-15-14(16-8-11)17-6-5-12-3-1-2-4-13(12)9-17/h1-4,7-8,10H,5-6,9H2. The minimum atomic E-state index is 0.510. The Hall–Kier alpha value is -2.23. The van der Waals surface area contributed by atoms with Gasteiger partial charge >= 0.3 is 0 Å². The molecule has 0 radical (unpaired) electrons. The maximum absolute atomic E-state index is 10.6. The molecule has 1 aromatic heterocycles. The van der Waals surface area contributed by atoms with Gasteiger partial charge in [0.05, 0.1) is 5.56 Å². The van der Waals surface area contributed by atoms with E-state index in [1.54, 1.807) is 12.4 Å². The smallest absolute Gasteiger partial charge is 0.225 e. The quantitative estimate of drug-likeness (QED) is 0.750. The van der Waals surface area contributed by atoms with E-state index < -0.39 is 0 Å². The minimum absolute atomic E-state index is 0.510. The second-order valence-corrected chi connectivity index (χ2v) is 4.37. The summed E-state index contributed by atoms with van der Waals surface area (Å²) in [7, 11) is 0. The van der Waals surface area contributed by atoms with Crippen LogP contribution in [0.25, 0.3) is 0 Å². The van der Waals surface area contributed by atoms with Crippen molar-refractivity contribution < 1.29 is 4.79 Å². The van der Waals surface area contributed by atoms with E-state index in [1.807, 2.05) is 0 Å². The third-order valence-corrected chi connectivity index (χ3v) is 3.21. The molecule has 1 aliphatic rings. The second-order valence-electron chi connectivity index (χ2n) is 4.37. The summed E-state index contributed by atoms with van der Waals surface area (Å²) in [6, 6.07) is 8.44. The lowest BCUT2D eigenvalue weighted by Crippen LogP contribution is -2.31. The van der Waals surface area contributed by atoms with Crippen molar-refractivity contribution in [3.05, 3.63) is 53.3 Å². The van der Waals surface area contributed by atoms with Crippen LogP contribution in [-0.4, -0.2) is 22.8 Å². The molecule has 0 atom stereocenters. The summed E-state index contributed by atoms with van der Waals surface area (Å²) in [6.07, 6.45) is 4.90. The molecule has 0 saturated heterocycles. The molecule has 90 valence electrons. The van der Waals surface area contributed by atoms with E-state index in [2.05, 4.69) is 39.1 Å². The summed E-state index contributed by atoms with van der Waals surface area (Å²) in [5.74, 6) is 0.690. The Morgan fingerprint density at radius 1 is 1.11 bits per heavy atom. The van der Waals surface area contributed by atoms with Gasteiger partial charge in [0, 0.05) is 25.5 Å². The number of aromatic nitrogens is 2. The molecule has 2 heterocycles. The number of anilines is 1. The maximum atomic E-state index is 10.6. The van der Waals surface area contributed by atoms with Gasteiger partial charge in [-0.15, -0.1) is 0 Å². The van der Waals surface area contributed by atoms with Gasteiger partial charge in [0.2, 0.25) is 5.95 Å². The molecule has 1 aromatic carbocycles. The molecule has 0 spiro atoms. The highest BCUT2D eigenvalue weighted by Crippen LogP contribution is 2.21. The van der Waals surface area contributed by atoms with Crippen molar-refractivity contribution in [2.45, 2.75) is 13.0 Å². The molecule has 18 heavy (non-hydrogen) atoms. The summed E-state index contributed by atoms with van der Waals surface area (Å²) < 4.78 is 0. The lowest BCUT2D eigenvalue weighted by atomic mass is 10.0. The second kappa shape index (κ2) is 4.56. The van der Waals surface area contributed by atoms with Crippen LogP contribution in [0.3, 0.4) is 0 Å². The summed E-state index contributed by atoms with van der Waals surface area (Å²) in [4.78, 5) is 21.2. The lowest BCUT2D eigenvalue weighted by Gasteiger charge is -2.28. The molecular formula is C14H13N3O. The van der Waals surface area contributed by atoms with E-state index in [4.69, 9.17) is 0 Å². The molecule has 0 aliphatic carbocycles. The first kappa shape index (κ1) is 10.9. The fourth-order valence-corrected chi connectivity index (χ4v) is 2.22. The van der Waals surface area contributed by atoms with Crippen molar-refractivity contribution in [1.29, 1.82) is 0 Å². The molecule has 0 unspecified atom stereocenters. The summed E-state index contributed by atoms with van der Waals surface area (Å²) in [5.41, 5.74) is 3.24. The number of benzene rings is 1. The number of rotatable bonds is 2. The Morgan fingerprint density at radius 3 is 2.56 bits per heavy atom. The topological polar surface area (TPSA) is 46.1 Å². The zero-order valence-electron chi connectivity index (χ0n) is 9.91. The summed E-state index contributed by atoms with van der Waals surface area (Å²) >= 11 is 0. The number of carbonyl (C=O) groups excluding carboxylic acids is 1. The van der Waals surface area contributed by atoms with Crippen LogP contribution in [0.4, 0.5) is 5.95 Å². The highest BCUT2D eigenvalue weighted by molar-refractivity contribution is 5.73.